The Labute approximate surface area is 447 Å². The van der Waals surface area contributed by atoms with Crippen LogP contribution < -0.4 is 59.3 Å². The fourth-order valence-electron chi connectivity index (χ4n) is 7.94. The number of carbonyl (C=O) groups is 10. The molecule has 11 amide bonds. The van der Waals surface area contributed by atoms with Gasteiger partial charge in [-0.05, 0) is 50.8 Å². The third-order valence-corrected chi connectivity index (χ3v) is 12.6. The summed E-state index contributed by atoms with van der Waals surface area (Å²) >= 11 is 8.61. The number of rotatable bonds is 28. The number of carbonyl (C=O) groups excluding carboxylic acids is 10. The molecule has 16 N–H and O–H groups in total. The van der Waals surface area contributed by atoms with Gasteiger partial charge >= 0.3 is 6.03 Å². The normalized spacial score (nSPS) is 15.1. The summed E-state index contributed by atoms with van der Waals surface area (Å²) in [5, 5.41) is 31.6. The number of hydrogen-bond donors (Lipinski definition) is 16. The number of H-pyrrole nitrogens is 2. The number of urea groups is 1. The van der Waals surface area contributed by atoms with Crippen molar-refractivity contribution in [3.8, 4) is 0 Å². The number of aromatic nitrogens is 3. The third kappa shape index (κ3) is 17.2. The fraction of sp³-hybridized carbons (Fsp3) is 0.417. The van der Waals surface area contributed by atoms with Crippen LogP contribution in [0.1, 0.15) is 50.4 Å². The van der Waals surface area contributed by atoms with Crippen molar-refractivity contribution in [1.82, 2.24) is 67.7 Å². The number of para-hydroxylation sites is 1. The van der Waals surface area contributed by atoms with E-state index in [-0.39, 0.29) is 56.9 Å². The number of primary amides is 1. The number of fused-ring (bicyclic) bond motifs is 1. The van der Waals surface area contributed by atoms with Gasteiger partial charge in [-0.1, -0.05) is 48.5 Å². The molecule has 3 heterocycles. The van der Waals surface area contributed by atoms with Crippen LogP contribution in [0.4, 0.5) is 4.79 Å². The first-order valence-corrected chi connectivity index (χ1v) is 25.1. The molecule has 2 aromatic heterocycles. The summed E-state index contributed by atoms with van der Waals surface area (Å²) in [6.45, 7) is 3.63. The predicted octanol–water partition coefficient (Wildman–Crippen LogP) is -2.73. The first-order chi connectivity index (χ1) is 36.0. The molecular formula is C48H64N16O10S2. The monoisotopic (exact) mass is 1090 g/mol. The highest BCUT2D eigenvalue weighted by Gasteiger charge is 2.37. The van der Waals surface area contributed by atoms with E-state index in [2.05, 4.69) is 88.1 Å². The molecule has 0 radical (unpaired) electrons. The lowest BCUT2D eigenvalue weighted by atomic mass is 9.99. The topological polar surface area (TPSA) is 403 Å². The van der Waals surface area contributed by atoms with Crippen LogP contribution in [-0.2, 0) is 62.4 Å². The molecule has 0 bridgehead atoms. The minimum atomic E-state index is -1.42. The van der Waals surface area contributed by atoms with E-state index < -0.39 is 113 Å². The van der Waals surface area contributed by atoms with Gasteiger partial charge in [0, 0.05) is 65.3 Å². The number of nitrogens with two attached hydrogens (primary N) is 2. The zero-order valence-electron chi connectivity index (χ0n) is 41.9. The highest BCUT2D eigenvalue weighted by Crippen LogP contribution is 2.21. The minimum absolute atomic E-state index is 0.0754. The zero-order chi connectivity index (χ0) is 55.7. The SMILES string of the molecule is C[C@@H](NC(=O)[C@H](CS)NC(=O)CN1C(=O)CNC1=O)C(=O)N[C@@H](Cc1cnc[nH]1)C(=O)N[C@H](Cc1ccccc1)C(=O)N[C@@H](CCCNC(=N)N)C(=O)N[C@@H](Cc1c[nH]c2ccccc12)C(=O)N[C@H](C(N)=O)C(C)(C)S. The standard InChI is InChI=1S/C48H64N16O10S2/c1-25(57-45(73)35(23-75)58-36(65)22-64-37(66)21-55-47(64)74)40(68)60-34(18-28-20-52-24-56-28)43(71)61-32(16-26-10-5-4-6-11-26)42(70)59-31(14-9-15-53-46(50)51)41(69)62-33(44(72)63-38(39(49)67)48(2,3)76)17-27-19-54-30-13-8-7-12-29(27)30/h4-8,10-13,19-20,24-25,31-35,38,54,75-76H,9,14-18,21-23H2,1-3H3,(H2,49,67)(H,52,56)(H,55,74)(H,57,73)(H,58,65)(H,59,70)(H,60,68)(H,61,71)(H,62,69)(H,63,72)(H4,50,51,53)/t25-,31+,32-,33+,34+,35+,38-/m1/s1. The van der Waals surface area contributed by atoms with Crippen LogP contribution in [-0.4, -0.2) is 157 Å². The lowest BCUT2D eigenvalue weighted by molar-refractivity contribution is -0.135. The molecule has 26 nitrogen and oxygen atoms in total. The summed E-state index contributed by atoms with van der Waals surface area (Å²) in [6, 6.07) is 5.61. The number of nitrogens with one attached hydrogen (secondary N) is 12. The maximum Gasteiger partial charge on any atom is 0.325 e. The van der Waals surface area contributed by atoms with Crippen molar-refractivity contribution in [1.29, 1.82) is 5.41 Å². The van der Waals surface area contributed by atoms with Crippen LogP contribution in [0, 0.1) is 5.41 Å². The fourth-order valence-corrected chi connectivity index (χ4v) is 8.39. The average molecular weight is 1090 g/mol. The van der Waals surface area contributed by atoms with Gasteiger partial charge in [0.2, 0.25) is 47.3 Å². The van der Waals surface area contributed by atoms with Crippen LogP contribution in [0.25, 0.3) is 10.9 Å². The Morgan fingerprint density at radius 3 is 1.95 bits per heavy atom. The lowest BCUT2D eigenvalue weighted by Gasteiger charge is -2.30. The number of aromatic amines is 2. The molecule has 7 atom stereocenters. The number of amides is 11. The highest BCUT2D eigenvalue weighted by molar-refractivity contribution is 7.81. The summed E-state index contributed by atoms with van der Waals surface area (Å²) in [5.41, 5.74) is 13.6. The molecule has 1 saturated heterocycles. The Hall–Kier alpha value is -8.14. The number of guanidine groups is 1. The minimum Gasteiger partial charge on any atom is -0.370 e. The number of nitrogens with zero attached hydrogens (tertiary/aromatic N) is 2. The van der Waals surface area contributed by atoms with E-state index in [1.165, 1.54) is 19.4 Å². The van der Waals surface area contributed by atoms with Gasteiger partial charge < -0.3 is 69.3 Å². The van der Waals surface area contributed by atoms with Gasteiger partial charge in [-0.3, -0.25) is 53.5 Å². The van der Waals surface area contributed by atoms with Crippen molar-refractivity contribution < 1.29 is 47.9 Å². The van der Waals surface area contributed by atoms with Gasteiger partial charge in [0.05, 0.1) is 12.9 Å². The smallest absolute Gasteiger partial charge is 0.325 e. The van der Waals surface area contributed by atoms with E-state index in [0.717, 1.165) is 10.9 Å². The number of thiol groups is 2. The molecule has 4 aromatic rings. The molecule has 1 fully saturated rings. The Bertz CT molecular complexity index is 2740. The summed E-state index contributed by atoms with van der Waals surface area (Å²) in [4.78, 5) is 145. The van der Waals surface area contributed by atoms with Crippen LogP contribution >= 0.6 is 25.3 Å². The van der Waals surface area contributed by atoms with Gasteiger partial charge in [0.25, 0.3) is 5.91 Å². The van der Waals surface area contributed by atoms with E-state index >= 15 is 0 Å². The van der Waals surface area contributed by atoms with E-state index in [9.17, 15) is 47.9 Å². The predicted molar refractivity (Wildman–Crippen MR) is 284 cm³/mol. The van der Waals surface area contributed by atoms with Crippen molar-refractivity contribution in [2.75, 3.05) is 25.4 Å². The molecule has 28 heteroatoms. The summed E-state index contributed by atoms with van der Waals surface area (Å²) < 4.78 is -1.12. The Morgan fingerprint density at radius 1 is 0.750 bits per heavy atom. The first-order valence-electron chi connectivity index (χ1n) is 24.0. The highest BCUT2D eigenvalue weighted by atomic mass is 32.1. The van der Waals surface area contributed by atoms with Gasteiger partial charge in [-0.15, -0.1) is 0 Å². The summed E-state index contributed by atoms with van der Waals surface area (Å²) in [7, 11) is 0. The maximum absolute atomic E-state index is 14.6. The molecule has 76 heavy (non-hydrogen) atoms. The van der Waals surface area contributed by atoms with Crippen LogP contribution in [0.5, 0.6) is 0 Å². The second kappa shape index (κ2) is 27.4. The van der Waals surface area contributed by atoms with Crippen LogP contribution in [0.15, 0.2) is 73.3 Å². The molecule has 2 aromatic carbocycles. The van der Waals surface area contributed by atoms with Crippen molar-refractivity contribution in [3.05, 3.63) is 90.1 Å². The van der Waals surface area contributed by atoms with Gasteiger partial charge in [0.15, 0.2) is 5.96 Å². The number of imidazole rings is 1. The van der Waals surface area contributed by atoms with Crippen LogP contribution in [0.3, 0.4) is 0 Å². The lowest BCUT2D eigenvalue weighted by Crippen LogP contribution is -2.61. The van der Waals surface area contributed by atoms with E-state index in [1.54, 1.807) is 56.4 Å². The molecule has 0 aliphatic carbocycles. The molecule has 0 spiro atoms. The van der Waals surface area contributed by atoms with Crippen molar-refractivity contribution >= 4 is 101 Å². The summed E-state index contributed by atoms with van der Waals surface area (Å²) in [5.74, 6) is -7.96. The Kier molecular flexibility index (Phi) is 21.2. The molecule has 5 rings (SSSR count). The van der Waals surface area contributed by atoms with E-state index in [1.807, 2.05) is 18.2 Å². The zero-order valence-corrected chi connectivity index (χ0v) is 43.6. The molecule has 1 aliphatic rings. The Balaban J connectivity index is 1.38. The van der Waals surface area contributed by atoms with E-state index in [0.29, 0.717) is 21.7 Å². The second-order valence-electron chi connectivity index (χ2n) is 18.4. The Morgan fingerprint density at radius 2 is 1.34 bits per heavy atom. The molecule has 0 saturated carbocycles. The molecule has 408 valence electrons. The van der Waals surface area contributed by atoms with Crippen LogP contribution in [0.2, 0.25) is 0 Å². The first kappa shape index (κ1) is 58.7. The van der Waals surface area contributed by atoms with Gasteiger partial charge in [-0.2, -0.15) is 25.3 Å². The van der Waals surface area contributed by atoms with Gasteiger partial charge in [0.1, 0.15) is 48.8 Å². The van der Waals surface area contributed by atoms with E-state index in [4.69, 9.17) is 16.9 Å². The maximum atomic E-state index is 14.6. The average Bonchev–Trinajstić information content (AvgIpc) is 4.12. The summed E-state index contributed by atoms with van der Waals surface area (Å²) in [6.07, 6.45) is 4.14. The van der Waals surface area contributed by atoms with Gasteiger partial charge in [-0.25, -0.2) is 9.78 Å². The number of hydrogen-bond acceptors (Lipinski definition) is 14. The third-order valence-electron chi connectivity index (χ3n) is 12.0. The number of benzene rings is 2. The largest absolute Gasteiger partial charge is 0.370 e. The quantitative estimate of drug-likeness (QED) is 0.00905. The van der Waals surface area contributed by atoms with Crippen molar-refractivity contribution in [2.24, 2.45) is 11.5 Å². The second-order valence-corrected chi connectivity index (χ2v) is 19.9. The molecule has 1 aliphatic heterocycles. The molecule has 0 unspecified atom stereocenters. The number of imide groups is 1. The van der Waals surface area contributed by atoms with Crippen molar-refractivity contribution in [2.45, 2.75) is 99.9 Å². The van der Waals surface area contributed by atoms with Crippen molar-refractivity contribution in [3.63, 3.8) is 0 Å². The molecular weight excluding hydrogens is 1020 g/mol.